The van der Waals surface area contributed by atoms with E-state index < -0.39 is 59.9 Å². The molecule has 0 saturated carbocycles. The van der Waals surface area contributed by atoms with Gasteiger partial charge >= 0.3 is 12.4 Å². The smallest absolute Gasteiger partial charge is 0.422 e. The molecule has 5 nitrogen and oxygen atoms in total. The zero-order chi connectivity index (χ0) is 31.8. The van der Waals surface area contributed by atoms with Crippen LogP contribution in [-0.2, 0) is 14.2 Å². The van der Waals surface area contributed by atoms with Gasteiger partial charge in [0.15, 0.2) is 0 Å². The molecule has 0 spiro atoms. The lowest BCUT2D eigenvalue weighted by molar-refractivity contribution is -0.311. The summed E-state index contributed by atoms with van der Waals surface area (Å²) in [7, 11) is 0. The molecule has 240 valence electrons. The Balaban J connectivity index is 1.12. The minimum atomic E-state index is -4.98. The Labute approximate surface area is 244 Å². The van der Waals surface area contributed by atoms with Crippen molar-refractivity contribution in [3.05, 3.63) is 59.7 Å². The van der Waals surface area contributed by atoms with E-state index in [1.165, 1.54) is 27.7 Å². The van der Waals surface area contributed by atoms with Gasteiger partial charge in [-0.3, -0.25) is 0 Å². The number of alkyl halides is 8. The number of hydrogen-bond donors (Lipinski definition) is 0. The van der Waals surface area contributed by atoms with Gasteiger partial charge in [0, 0.05) is 10.8 Å². The van der Waals surface area contributed by atoms with Gasteiger partial charge in [0.25, 0.3) is 0 Å². The van der Waals surface area contributed by atoms with Crippen molar-refractivity contribution >= 4 is 0 Å². The van der Waals surface area contributed by atoms with Crippen molar-refractivity contribution in [3.63, 3.8) is 0 Å². The summed E-state index contributed by atoms with van der Waals surface area (Å²) in [6.45, 7) is 7.11. The van der Waals surface area contributed by atoms with Gasteiger partial charge in [-0.2, -0.15) is 26.3 Å². The Kier molecular flexibility index (Phi) is 9.59. The predicted octanol–water partition coefficient (Wildman–Crippen LogP) is 7.89. The molecule has 43 heavy (non-hydrogen) atoms. The molecular formula is C30H34F8O5. The Bertz CT molecular complexity index is 1100. The predicted molar refractivity (Wildman–Crippen MR) is 139 cm³/mol. The lowest BCUT2D eigenvalue weighted by atomic mass is 9.70. The van der Waals surface area contributed by atoms with Crippen molar-refractivity contribution < 1.29 is 58.8 Å². The third-order valence-electron chi connectivity index (χ3n) is 7.90. The molecule has 13 heteroatoms. The second-order valence-corrected chi connectivity index (χ2v) is 11.9. The van der Waals surface area contributed by atoms with Crippen molar-refractivity contribution in [2.45, 2.75) is 76.8 Å². The maximum atomic E-state index is 13.7. The third-order valence-corrected chi connectivity index (χ3v) is 7.90. The molecule has 0 amide bonds. The van der Waals surface area contributed by atoms with Crippen LogP contribution in [0.1, 0.15) is 51.0 Å². The van der Waals surface area contributed by atoms with Gasteiger partial charge in [-0.1, -0.05) is 52.0 Å². The molecule has 2 aliphatic heterocycles. The summed E-state index contributed by atoms with van der Waals surface area (Å²) in [5.41, 5.74) is -0.846. The number of rotatable bonds is 12. The highest BCUT2D eigenvalue weighted by atomic mass is 19.4. The highest BCUT2D eigenvalue weighted by Crippen LogP contribution is 2.56. The van der Waals surface area contributed by atoms with Crippen LogP contribution in [0.5, 0.6) is 11.5 Å². The van der Waals surface area contributed by atoms with E-state index in [4.69, 9.17) is 23.7 Å². The fourth-order valence-electron chi connectivity index (χ4n) is 5.42. The Morgan fingerprint density at radius 2 is 0.930 bits per heavy atom. The fraction of sp³-hybridized carbons (Fsp3) is 0.600. The van der Waals surface area contributed by atoms with E-state index in [0.717, 1.165) is 0 Å². The van der Waals surface area contributed by atoms with Crippen LogP contribution in [0, 0.1) is 10.8 Å². The molecule has 0 radical (unpaired) electrons. The van der Waals surface area contributed by atoms with Gasteiger partial charge in [0.2, 0.25) is 12.3 Å². The first-order chi connectivity index (χ1) is 19.9. The molecular weight excluding hydrogens is 592 g/mol. The first kappa shape index (κ1) is 33.3. The molecule has 0 N–H and O–H groups in total. The van der Waals surface area contributed by atoms with Crippen LogP contribution in [-0.4, -0.2) is 63.3 Å². The monoisotopic (exact) mass is 626 g/mol. The molecule has 2 fully saturated rings. The zero-order valence-corrected chi connectivity index (χ0v) is 24.0. The molecule has 2 aromatic rings. The highest BCUT2D eigenvalue weighted by molar-refractivity contribution is 5.32. The van der Waals surface area contributed by atoms with Gasteiger partial charge in [-0.05, 0) is 35.4 Å². The molecule has 6 atom stereocenters. The summed E-state index contributed by atoms with van der Waals surface area (Å²) in [5.74, 6) is 1.03. The van der Waals surface area contributed by atoms with E-state index in [0.29, 0.717) is 22.6 Å². The molecule has 2 saturated heterocycles. The van der Waals surface area contributed by atoms with Crippen molar-refractivity contribution in [2.24, 2.45) is 10.8 Å². The Morgan fingerprint density at radius 1 is 0.605 bits per heavy atom. The summed E-state index contributed by atoms with van der Waals surface area (Å²) < 4.78 is 131. The van der Waals surface area contributed by atoms with Crippen molar-refractivity contribution in [3.8, 4) is 11.5 Å². The van der Waals surface area contributed by atoms with E-state index in [1.54, 1.807) is 48.5 Å². The summed E-state index contributed by atoms with van der Waals surface area (Å²) in [6.07, 6.45) is -20.6. The molecule has 0 aliphatic carbocycles. The number of halogens is 8. The molecule has 6 unspecified atom stereocenters. The van der Waals surface area contributed by atoms with Crippen molar-refractivity contribution in [1.29, 1.82) is 0 Å². The highest BCUT2D eigenvalue weighted by Gasteiger charge is 2.62. The zero-order valence-electron chi connectivity index (χ0n) is 24.0. The van der Waals surface area contributed by atoms with Gasteiger partial charge in [-0.25, -0.2) is 8.78 Å². The van der Waals surface area contributed by atoms with Gasteiger partial charge < -0.3 is 23.7 Å². The van der Waals surface area contributed by atoms with Gasteiger partial charge in [-0.15, -0.1) is 0 Å². The van der Waals surface area contributed by atoms with Gasteiger partial charge in [0.1, 0.15) is 36.9 Å². The van der Waals surface area contributed by atoms with Crippen molar-refractivity contribution in [2.75, 3.05) is 26.4 Å². The van der Waals surface area contributed by atoms with Crippen LogP contribution in [0.4, 0.5) is 35.1 Å². The Morgan fingerprint density at radius 3 is 1.21 bits per heavy atom. The SMILES string of the molecule is CC1(C)C(c2ccc(OCCOCCOc3ccc(C4OC(C(F)C(F)(F)F)C4(C)C)cc3)cc2)OC1C(F)C(F)(F)F. The average molecular weight is 627 g/mol. The number of ether oxygens (including phenoxy) is 5. The maximum Gasteiger partial charge on any atom is 0.422 e. The minimum absolute atomic E-state index is 0.225. The summed E-state index contributed by atoms with van der Waals surface area (Å²) in [5, 5.41) is 0. The van der Waals surface area contributed by atoms with E-state index in [1.807, 2.05) is 0 Å². The average Bonchev–Trinajstić information content (AvgIpc) is 2.91. The molecule has 0 bridgehead atoms. The molecule has 4 rings (SSSR count). The second-order valence-electron chi connectivity index (χ2n) is 11.9. The fourth-order valence-corrected chi connectivity index (χ4v) is 5.42. The largest absolute Gasteiger partial charge is 0.491 e. The van der Waals surface area contributed by atoms with Crippen LogP contribution in [0.15, 0.2) is 48.5 Å². The molecule has 2 aliphatic rings. The van der Waals surface area contributed by atoms with Crippen LogP contribution < -0.4 is 9.47 Å². The van der Waals surface area contributed by atoms with Crippen LogP contribution in [0.25, 0.3) is 0 Å². The quantitative estimate of drug-likeness (QED) is 0.177. The van der Waals surface area contributed by atoms with Crippen LogP contribution in [0.3, 0.4) is 0 Å². The maximum absolute atomic E-state index is 13.7. The number of hydrogen-bond acceptors (Lipinski definition) is 5. The Hall–Kier alpha value is -2.64. The van der Waals surface area contributed by atoms with Crippen LogP contribution in [0.2, 0.25) is 0 Å². The standard InChI is InChI=1S/C30H34F8O5/c1-27(2)23(42-25(27)21(31)29(33,34)35)17-5-9-19(10-6-17)40-15-13-39-14-16-41-20-11-7-18(8-12-20)24-28(3,4)26(43-24)22(32)30(36,37)38/h5-12,21-26H,13-16H2,1-4H3. The minimum Gasteiger partial charge on any atom is -0.491 e. The summed E-state index contributed by atoms with van der Waals surface area (Å²) >= 11 is 0. The topological polar surface area (TPSA) is 46.2 Å². The van der Waals surface area contributed by atoms with Gasteiger partial charge in [0.05, 0.1) is 25.4 Å². The summed E-state index contributed by atoms with van der Waals surface area (Å²) in [4.78, 5) is 0. The molecule has 2 aromatic carbocycles. The molecule has 0 aromatic heterocycles. The first-order valence-corrected chi connectivity index (χ1v) is 13.7. The third kappa shape index (κ3) is 7.20. The first-order valence-electron chi connectivity index (χ1n) is 13.7. The van der Waals surface area contributed by atoms with Crippen molar-refractivity contribution in [1.82, 2.24) is 0 Å². The van der Waals surface area contributed by atoms with Crippen LogP contribution >= 0.6 is 0 Å². The normalized spacial score (nSPS) is 26.1. The van der Waals surface area contributed by atoms with E-state index >= 15 is 0 Å². The van der Waals surface area contributed by atoms with E-state index in [-0.39, 0.29) is 26.4 Å². The molecule has 2 heterocycles. The van der Waals surface area contributed by atoms with E-state index in [9.17, 15) is 35.1 Å². The summed E-state index contributed by atoms with van der Waals surface area (Å²) in [6, 6.07) is 13.2. The lowest BCUT2D eigenvalue weighted by Gasteiger charge is -2.53. The second kappa shape index (κ2) is 12.4. The number of benzene rings is 2. The van der Waals surface area contributed by atoms with E-state index in [2.05, 4.69) is 0 Å². The lowest BCUT2D eigenvalue weighted by Crippen LogP contribution is -2.58.